The third kappa shape index (κ3) is 3.26. The normalized spacial score (nSPS) is 21.6. The molecule has 1 aromatic rings. The number of morpholine rings is 1. The van der Waals surface area contributed by atoms with Crippen LogP contribution in [0.3, 0.4) is 0 Å². The number of amides is 1. The van der Waals surface area contributed by atoms with E-state index in [0.717, 1.165) is 0 Å². The highest BCUT2D eigenvalue weighted by Crippen LogP contribution is 2.22. The van der Waals surface area contributed by atoms with Crippen molar-refractivity contribution in [1.29, 1.82) is 0 Å². The number of hydrogen-bond acceptors (Lipinski definition) is 5. The molecule has 1 fully saturated rings. The molecule has 2 N–H and O–H groups in total. The van der Waals surface area contributed by atoms with E-state index in [1.807, 2.05) is 13.8 Å². The lowest BCUT2D eigenvalue weighted by Gasteiger charge is -2.42. The van der Waals surface area contributed by atoms with Gasteiger partial charge in [-0.15, -0.1) is 0 Å². The second kappa shape index (κ2) is 5.76. The number of pyridine rings is 1. The zero-order chi connectivity index (χ0) is 14.8. The Morgan fingerprint density at radius 2 is 2.35 bits per heavy atom. The SMILES string of the molecule is CNc1cccc(C(=O)N2CC(CO)OC(C)(C)C2)n1. The van der Waals surface area contributed by atoms with Crippen molar-refractivity contribution in [1.82, 2.24) is 9.88 Å². The van der Waals surface area contributed by atoms with Crippen molar-refractivity contribution in [2.45, 2.75) is 25.6 Å². The predicted molar refractivity (Wildman–Crippen MR) is 75.7 cm³/mol. The van der Waals surface area contributed by atoms with E-state index in [2.05, 4.69) is 10.3 Å². The molecule has 0 saturated carbocycles. The van der Waals surface area contributed by atoms with Crippen molar-refractivity contribution < 1.29 is 14.6 Å². The molecule has 0 spiro atoms. The molecule has 1 unspecified atom stereocenters. The summed E-state index contributed by atoms with van der Waals surface area (Å²) in [4.78, 5) is 18.5. The highest BCUT2D eigenvalue weighted by atomic mass is 16.5. The lowest BCUT2D eigenvalue weighted by Crippen LogP contribution is -2.55. The zero-order valence-corrected chi connectivity index (χ0v) is 12.1. The first-order valence-electron chi connectivity index (χ1n) is 6.68. The molecule has 1 aliphatic heterocycles. The summed E-state index contributed by atoms with van der Waals surface area (Å²) in [6.07, 6.45) is -0.352. The summed E-state index contributed by atoms with van der Waals surface area (Å²) in [6, 6.07) is 5.29. The third-order valence-corrected chi connectivity index (χ3v) is 3.20. The Kier molecular flexibility index (Phi) is 4.25. The monoisotopic (exact) mass is 279 g/mol. The summed E-state index contributed by atoms with van der Waals surface area (Å²) in [5, 5.41) is 12.2. The van der Waals surface area contributed by atoms with E-state index in [4.69, 9.17) is 4.74 Å². The number of nitrogens with one attached hydrogen (secondary N) is 1. The maximum atomic E-state index is 12.5. The van der Waals surface area contributed by atoms with Gasteiger partial charge in [-0.25, -0.2) is 4.98 Å². The van der Waals surface area contributed by atoms with Crippen LogP contribution in [-0.2, 0) is 4.74 Å². The zero-order valence-electron chi connectivity index (χ0n) is 12.1. The van der Waals surface area contributed by atoms with Crippen LogP contribution in [-0.4, -0.2) is 59.3 Å². The molecule has 1 amide bonds. The number of carbonyl (C=O) groups excluding carboxylic acids is 1. The number of nitrogens with zero attached hydrogens (tertiary/aromatic N) is 2. The van der Waals surface area contributed by atoms with Crippen molar-refractivity contribution in [3.05, 3.63) is 23.9 Å². The van der Waals surface area contributed by atoms with Crippen LogP contribution >= 0.6 is 0 Å². The molecular formula is C14H21N3O3. The summed E-state index contributed by atoms with van der Waals surface area (Å²) in [5.74, 6) is 0.513. The highest BCUT2D eigenvalue weighted by molar-refractivity contribution is 5.92. The topological polar surface area (TPSA) is 74.7 Å². The molecule has 2 rings (SSSR count). The van der Waals surface area contributed by atoms with Gasteiger partial charge in [0, 0.05) is 20.1 Å². The van der Waals surface area contributed by atoms with Crippen LogP contribution in [0, 0.1) is 0 Å². The lowest BCUT2D eigenvalue weighted by molar-refractivity contribution is -0.139. The van der Waals surface area contributed by atoms with E-state index >= 15 is 0 Å². The van der Waals surface area contributed by atoms with Crippen LogP contribution < -0.4 is 5.32 Å². The quantitative estimate of drug-likeness (QED) is 0.853. The van der Waals surface area contributed by atoms with Crippen molar-refractivity contribution in [2.24, 2.45) is 0 Å². The number of aliphatic hydroxyl groups excluding tert-OH is 1. The number of aromatic nitrogens is 1. The van der Waals surface area contributed by atoms with Crippen molar-refractivity contribution in [3.8, 4) is 0 Å². The standard InChI is InChI=1S/C14H21N3O3/c1-14(2)9-17(7-10(8-18)20-14)13(19)11-5-4-6-12(15-3)16-11/h4-6,10,18H,7-9H2,1-3H3,(H,15,16). The first kappa shape index (κ1) is 14.7. The smallest absolute Gasteiger partial charge is 0.272 e. The molecule has 0 aliphatic carbocycles. The molecule has 1 aliphatic rings. The highest BCUT2D eigenvalue weighted by Gasteiger charge is 2.35. The van der Waals surface area contributed by atoms with Gasteiger partial charge in [0.2, 0.25) is 0 Å². The maximum absolute atomic E-state index is 12.5. The Balaban J connectivity index is 2.18. The Hall–Kier alpha value is -1.66. The Morgan fingerprint density at radius 3 is 3.00 bits per heavy atom. The van der Waals surface area contributed by atoms with Crippen LogP contribution in [0.5, 0.6) is 0 Å². The minimum atomic E-state index is -0.470. The molecule has 1 aromatic heterocycles. The molecule has 2 heterocycles. The van der Waals surface area contributed by atoms with Gasteiger partial charge < -0.3 is 20.1 Å². The number of anilines is 1. The third-order valence-electron chi connectivity index (χ3n) is 3.20. The lowest BCUT2D eigenvalue weighted by atomic mass is 10.0. The van der Waals surface area contributed by atoms with Crippen LogP contribution in [0.4, 0.5) is 5.82 Å². The Labute approximate surface area is 118 Å². The summed E-state index contributed by atoms with van der Waals surface area (Å²) < 4.78 is 5.71. The van der Waals surface area contributed by atoms with Gasteiger partial charge >= 0.3 is 0 Å². The van der Waals surface area contributed by atoms with Gasteiger partial charge in [-0.05, 0) is 26.0 Å². The second-order valence-corrected chi connectivity index (χ2v) is 5.53. The molecule has 20 heavy (non-hydrogen) atoms. The van der Waals surface area contributed by atoms with Gasteiger partial charge in [0.1, 0.15) is 11.5 Å². The molecule has 0 bridgehead atoms. The number of aliphatic hydroxyl groups is 1. The molecule has 1 atom stereocenters. The average Bonchev–Trinajstić information content (AvgIpc) is 2.44. The van der Waals surface area contributed by atoms with E-state index in [1.165, 1.54) is 0 Å². The van der Waals surface area contributed by atoms with Gasteiger partial charge in [0.05, 0.1) is 18.3 Å². The first-order chi connectivity index (χ1) is 9.45. The van der Waals surface area contributed by atoms with Gasteiger partial charge in [-0.1, -0.05) is 6.07 Å². The summed E-state index contributed by atoms with van der Waals surface area (Å²) in [6.45, 7) is 4.58. The van der Waals surface area contributed by atoms with Crippen LogP contribution in [0.25, 0.3) is 0 Å². The fourth-order valence-electron chi connectivity index (χ4n) is 2.40. The number of ether oxygens (including phenoxy) is 1. The molecule has 0 aromatic carbocycles. The minimum absolute atomic E-state index is 0.100. The van der Waals surface area contributed by atoms with Gasteiger partial charge in [0.15, 0.2) is 0 Å². The van der Waals surface area contributed by atoms with E-state index in [1.54, 1.807) is 30.1 Å². The number of rotatable bonds is 3. The maximum Gasteiger partial charge on any atom is 0.272 e. The Bertz CT molecular complexity index is 490. The van der Waals surface area contributed by atoms with E-state index < -0.39 is 5.60 Å². The van der Waals surface area contributed by atoms with Crippen molar-refractivity contribution >= 4 is 11.7 Å². The molecule has 1 saturated heterocycles. The summed E-state index contributed by atoms with van der Waals surface area (Å²) >= 11 is 0. The minimum Gasteiger partial charge on any atom is -0.394 e. The molecular weight excluding hydrogens is 258 g/mol. The largest absolute Gasteiger partial charge is 0.394 e. The van der Waals surface area contributed by atoms with E-state index in [9.17, 15) is 9.90 Å². The Morgan fingerprint density at radius 1 is 1.60 bits per heavy atom. The van der Waals surface area contributed by atoms with E-state index in [-0.39, 0.29) is 18.6 Å². The first-order valence-corrected chi connectivity index (χ1v) is 6.68. The van der Waals surface area contributed by atoms with Crippen molar-refractivity contribution in [2.75, 3.05) is 32.1 Å². The number of carbonyl (C=O) groups is 1. The fourth-order valence-corrected chi connectivity index (χ4v) is 2.40. The summed E-state index contributed by atoms with van der Waals surface area (Å²) in [5.41, 5.74) is -0.0756. The molecule has 6 heteroatoms. The average molecular weight is 279 g/mol. The van der Waals surface area contributed by atoms with Gasteiger partial charge in [0.25, 0.3) is 5.91 Å². The molecule has 6 nitrogen and oxygen atoms in total. The second-order valence-electron chi connectivity index (χ2n) is 5.53. The van der Waals surface area contributed by atoms with Crippen molar-refractivity contribution in [3.63, 3.8) is 0 Å². The van der Waals surface area contributed by atoms with Gasteiger partial charge in [-0.3, -0.25) is 4.79 Å². The fraction of sp³-hybridized carbons (Fsp3) is 0.571. The molecule has 0 radical (unpaired) electrons. The number of hydrogen-bond donors (Lipinski definition) is 2. The van der Waals surface area contributed by atoms with E-state index in [0.29, 0.717) is 24.6 Å². The molecule has 110 valence electrons. The van der Waals surface area contributed by atoms with Crippen LogP contribution in [0.2, 0.25) is 0 Å². The predicted octanol–water partition coefficient (Wildman–Crippen LogP) is 0.735. The van der Waals surface area contributed by atoms with Crippen LogP contribution in [0.15, 0.2) is 18.2 Å². The van der Waals surface area contributed by atoms with Crippen LogP contribution in [0.1, 0.15) is 24.3 Å². The van der Waals surface area contributed by atoms with Gasteiger partial charge in [-0.2, -0.15) is 0 Å². The summed E-state index contributed by atoms with van der Waals surface area (Å²) in [7, 11) is 1.76.